The summed E-state index contributed by atoms with van der Waals surface area (Å²) in [5.41, 5.74) is 2.56. The highest BCUT2D eigenvalue weighted by Gasteiger charge is 2.33. The second-order valence-electron chi connectivity index (χ2n) is 22.3. The number of benzene rings is 6. The van der Waals surface area contributed by atoms with Crippen molar-refractivity contribution in [1.29, 1.82) is 0 Å². The summed E-state index contributed by atoms with van der Waals surface area (Å²) in [6.45, 7) is 8.61. The second-order valence-corrected chi connectivity index (χ2v) is 22.3. The number of rotatable bonds is 18. The predicted octanol–water partition coefficient (Wildman–Crippen LogP) is 12.1. The number of likely N-dealkylation sites (N-methyl/N-ethyl adjacent to an activating group) is 2. The van der Waals surface area contributed by atoms with Crippen molar-refractivity contribution in [3.8, 4) is 0 Å². The van der Waals surface area contributed by atoms with Gasteiger partial charge in [-0.15, -0.1) is 0 Å². The molecule has 8 N–H and O–H groups in total. The number of aromatic carboxylic acids is 1. The number of nitrogens with zero attached hydrogens (tertiary/aromatic N) is 10. The van der Waals surface area contributed by atoms with Crippen LogP contribution >= 0.6 is 0 Å². The van der Waals surface area contributed by atoms with Gasteiger partial charge in [0.2, 0.25) is 11.9 Å². The number of carbonyl (C=O) groups excluding carboxylic acids is 3. The van der Waals surface area contributed by atoms with E-state index in [0.29, 0.717) is 94.6 Å². The van der Waals surface area contributed by atoms with E-state index in [1.807, 2.05) is 12.1 Å². The third-order valence-electron chi connectivity index (χ3n) is 15.4. The number of carboxylic acids is 1. The lowest BCUT2D eigenvalue weighted by atomic mass is 10.0. The van der Waals surface area contributed by atoms with Crippen molar-refractivity contribution in [1.82, 2.24) is 44.9 Å². The first kappa shape index (κ1) is 68.8. The SMILES string of the molecule is CN1CCN(Cc2ccc(Nc3nccc(N(C)c4ccc(NC(=O)Nc5cc(F)cc(C(F)(F)F)c5)cc4)n3)cc2C(=O)O)CC1.CNC(=O)c1cc(Nc2nccc(N(C)c3ccc(NC(=O)Nc4cc(F)cc(C(F)(F)F)c4)cc3)n2)ccc1CN1CCN(C)CC1. The van der Waals surface area contributed by atoms with Crippen LogP contribution in [0.2, 0.25) is 0 Å². The fourth-order valence-electron chi connectivity index (χ4n) is 10.1. The zero-order valence-electron chi connectivity index (χ0n) is 52.0. The fourth-order valence-corrected chi connectivity index (χ4v) is 10.1. The maximum Gasteiger partial charge on any atom is 0.416 e. The van der Waals surface area contributed by atoms with Gasteiger partial charge in [-0.1, -0.05) is 12.1 Å². The molecule has 4 heterocycles. The minimum absolute atomic E-state index is 0.183. The van der Waals surface area contributed by atoms with Crippen molar-refractivity contribution in [2.45, 2.75) is 25.4 Å². The number of hydrogen-bond donors (Lipinski definition) is 8. The third-order valence-corrected chi connectivity index (χ3v) is 15.4. The molecule has 0 unspecified atom stereocenters. The summed E-state index contributed by atoms with van der Waals surface area (Å²) >= 11 is 0. The Labute approximate surface area is 541 Å². The summed E-state index contributed by atoms with van der Waals surface area (Å²) in [6.07, 6.45) is -6.38. The highest BCUT2D eigenvalue weighted by molar-refractivity contribution is 6.01. The van der Waals surface area contributed by atoms with E-state index < -0.39 is 53.1 Å². The van der Waals surface area contributed by atoms with Crippen molar-refractivity contribution in [2.24, 2.45) is 0 Å². The topological polar surface area (TPSA) is 244 Å². The van der Waals surface area contributed by atoms with Gasteiger partial charge >= 0.3 is 30.4 Å². The van der Waals surface area contributed by atoms with Gasteiger partial charge in [0, 0.05) is 150 Å². The van der Waals surface area contributed by atoms with E-state index in [1.165, 1.54) is 0 Å². The minimum atomic E-state index is -4.77. The molecule has 10 rings (SSSR count). The molecule has 0 aliphatic carbocycles. The van der Waals surface area contributed by atoms with Gasteiger partial charge in [-0.2, -0.15) is 36.3 Å². The van der Waals surface area contributed by atoms with Gasteiger partial charge in [-0.25, -0.2) is 33.1 Å². The Bertz CT molecular complexity index is 4020. The number of amides is 5. The molecule has 2 saturated heterocycles. The van der Waals surface area contributed by atoms with Gasteiger partial charge in [0.05, 0.1) is 16.7 Å². The van der Waals surface area contributed by atoms with Crippen LogP contribution < -0.4 is 47.0 Å². The smallest absolute Gasteiger partial charge is 0.416 e. The molecule has 95 heavy (non-hydrogen) atoms. The zero-order valence-corrected chi connectivity index (χ0v) is 52.0. The summed E-state index contributed by atoms with van der Waals surface area (Å²) in [5, 5.41) is 28.3. The van der Waals surface area contributed by atoms with Crippen LogP contribution in [0.1, 0.15) is 43.0 Å². The highest BCUT2D eigenvalue weighted by Crippen LogP contribution is 2.34. The van der Waals surface area contributed by atoms with E-state index in [4.69, 9.17) is 0 Å². The molecule has 2 aromatic heterocycles. The quantitative estimate of drug-likeness (QED) is 0.0372. The Morgan fingerprint density at radius 3 is 1.23 bits per heavy atom. The van der Waals surface area contributed by atoms with Crippen molar-refractivity contribution in [3.63, 3.8) is 0 Å². The molecule has 0 bridgehead atoms. The van der Waals surface area contributed by atoms with Crippen LogP contribution in [0.5, 0.6) is 0 Å². The lowest BCUT2D eigenvalue weighted by molar-refractivity contribution is -0.138. The molecule has 0 spiro atoms. The van der Waals surface area contributed by atoms with Gasteiger partial charge in [0.15, 0.2) is 0 Å². The van der Waals surface area contributed by atoms with Crippen molar-refractivity contribution in [3.05, 3.63) is 191 Å². The number of halogens is 8. The van der Waals surface area contributed by atoms with Crippen LogP contribution in [0.3, 0.4) is 0 Å². The van der Waals surface area contributed by atoms with Crippen LogP contribution in [-0.4, -0.2) is 156 Å². The van der Waals surface area contributed by atoms with Gasteiger partial charge in [0.25, 0.3) is 5.91 Å². The van der Waals surface area contributed by atoms with Crippen LogP contribution in [0.4, 0.5) is 114 Å². The summed E-state index contributed by atoms with van der Waals surface area (Å²) in [5.74, 6) is -1.84. The van der Waals surface area contributed by atoms with Crippen LogP contribution in [-0.2, 0) is 25.4 Å². The van der Waals surface area contributed by atoms with E-state index in [0.717, 1.165) is 75.6 Å². The molecule has 498 valence electrons. The number of carboxylic acid groups (broad SMARTS) is 1. The van der Waals surface area contributed by atoms with E-state index in [-0.39, 0.29) is 28.8 Å². The number of nitrogens with one attached hydrogen (secondary N) is 7. The summed E-state index contributed by atoms with van der Waals surface area (Å²) in [6, 6.07) is 29.2. The maximum atomic E-state index is 13.7. The summed E-state index contributed by atoms with van der Waals surface area (Å²) in [4.78, 5) is 80.0. The van der Waals surface area contributed by atoms with E-state index in [1.54, 1.807) is 128 Å². The van der Waals surface area contributed by atoms with E-state index in [9.17, 15) is 59.4 Å². The van der Waals surface area contributed by atoms with E-state index in [2.05, 4.69) is 90.8 Å². The first-order chi connectivity index (χ1) is 45.2. The van der Waals surface area contributed by atoms with Gasteiger partial charge < -0.3 is 61.9 Å². The maximum absolute atomic E-state index is 13.7. The molecule has 5 amide bonds. The lowest BCUT2D eigenvalue weighted by Gasteiger charge is -2.32. The molecular formula is C65H67F8N17O5. The molecule has 8 aromatic rings. The molecule has 2 aliphatic heterocycles. The largest absolute Gasteiger partial charge is 0.478 e. The highest BCUT2D eigenvalue weighted by atomic mass is 19.4. The number of carbonyl (C=O) groups is 4. The summed E-state index contributed by atoms with van der Waals surface area (Å²) in [7, 11) is 9.32. The Morgan fingerprint density at radius 1 is 0.484 bits per heavy atom. The number of piperazine rings is 2. The van der Waals surface area contributed by atoms with Gasteiger partial charge in [-0.3, -0.25) is 14.6 Å². The first-order valence-electron chi connectivity index (χ1n) is 29.5. The number of aromatic nitrogens is 4. The van der Waals surface area contributed by atoms with Gasteiger partial charge in [-0.05, 0) is 147 Å². The standard InChI is InChI=1S/C33H35F4N9O2.C32H32F4N8O3/c1-38-30(47)28-19-25(5-4-21(28)20-46-14-12-44(2)13-15-46)40-31-39-11-10-29(43-31)45(3)27-8-6-24(7-9-27)41-32(48)42-26-17-22(33(35,36)37)16-23(34)18-26;1-42-11-13-44(14-12-42)19-20-3-4-24(18-27(20)29(45)46)38-30-37-10-9-28(41-30)43(2)26-7-5-23(6-8-26)39-31(47)40-25-16-21(32(34,35)36)15-22(33)17-25/h4-11,16-19H,12-15,20H2,1-3H3,(H,38,47)(H,39,40,43)(H2,41,42,48);3-10,15-18H,11-14,19H2,1-2H3,(H,45,46)(H,37,38,41)(H2,39,40,47). The molecule has 0 radical (unpaired) electrons. The van der Waals surface area contributed by atoms with Crippen molar-refractivity contribution < 1.29 is 59.4 Å². The lowest BCUT2D eigenvalue weighted by Crippen LogP contribution is -2.44. The normalized spacial score (nSPS) is 13.9. The predicted molar refractivity (Wildman–Crippen MR) is 347 cm³/mol. The van der Waals surface area contributed by atoms with Crippen molar-refractivity contribution >= 4 is 93.0 Å². The number of alkyl halides is 6. The molecule has 2 aliphatic rings. The average Bonchev–Trinajstić information content (AvgIpc) is 0.867. The Hall–Kier alpha value is -10.6. The monoisotopic (exact) mass is 1320 g/mol. The number of anilines is 12. The van der Waals surface area contributed by atoms with Crippen LogP contribution in [0.15, 0.2) is 146 Å². The van der Waals surface area contributed by atoms with Crippen LogP contribution in [0.25, 0.3) is 0 Å². The molecule has 22 nitrogen and oxygen atoms in total. The molecule has 0 saturated carbocycles. The van der Waals surface area contributed by atoms with Crippen LogP contribution in [0, 0.1) is 11.6 Å². The molecule has 0 atom stereocenters. The molecule has 6 aromatic carbocycles. The summed E-state index contributed by atoms with van der Waals surface area (Å²) < 4.78 is 105. The van der Waals surface area contributed by atoms with Crippen molar-refractivity contribution in [2.75, 3.05) is 129 Å². The molecular weight excluding hydrogens is 1250 g/mol. The average molecular weight is 1320 g/mol. The van der Waals surface area contributed by atoms with E-state index >= 15 is 0 Å². The number of hydrogen-bond acceptors (Lipinski definition) is 16. The minimum Gasteiger partial charge on any atom is -0.478 e. The third kappa shape index (κ3) is 19.3. The second kappa shape index (κ2) is 30.5. The Morgan fingerprint density at radius 2 is 0.853 bits per heavy atom. The Balaban J connectivity index is 0.000000223. The molecule has 2 fully saturated rings. The number of urea groups is 2. The Kier molecular flexibility index (Phi) is 22.1. The first-order valence-corrected chi connectivity index (χ1v) is 29.5. The van der Waals surface area contributed by atoms with Gasteiger partial charge in [0.1, 0.15) is 23.3 Å². The molecule has 30 heteroatoms. The fraction of sp³-hybridized carbons (Fsp3) is 0.262. The zero-order chi connectivity index (χ0) is 68.1.